The summed E-state index contributed by atoms with van der Waals surface area (Å²) in [6.07, 6.45) is 1.49. The molecule has 0 saturated carbocycles. The van der Waals surface area contributed by atoms with Crippen LogP contribution >= 0.6 is 15.9 Å². The fourth-order valence-corrected chi connectivity index (χ4v) is 2.34. The molecule has 0 unspecified atom stereocenters. The van der Waals surface area contributed by atoms with E-state index in [-0.39, 0.29) is 5.91 Å². The molecule has 0 saturated heterocycles. The molecular formula is C13H17BrN2O. The minimum absolute atomic E-state index is 0.211. The van der Waals surface area contributed by atoms with Crippen LogP contribution < -0.4 is 4.90 Å². The SMILES string of the molecule is CN(CBr)Cc1ccc2c(c1)CCC(=O)N2C. The fraction of sp³-hybridized carbons (Fsp3) is 0.462. The molecule has 1 heterocycles. The van der Waals surface area contributed by atoms with Crippen LogP contribution in [-0.4, -0.2) is 30.4 Å². The highest BCUT2D eigenvalue weighted by atomic mass is 79.9. The Labute approximate surface area is 111 Å². The first-order valence-electron chi connectivity index (χ1n) is 5.74. The van der Waals surface area contributed by atoms with Crippen molar-refractivity contribution in [2.45, 2.75) is 19.4 Å². The third-order valence-corrected chi connectivity index (χ3v) is 4.00. The molecule has 3 nitrogen and oxygen atoms in total. The van der Waals surface area contributed by atoms with Gasteiger partial charge in [-0.1, -0.05) is 28.1 Å². The number of halogens is 1. The molecule has 1 aliphatic rings. The molecule has 0 fully saturated rings. The third kappa shape index (κ3) is 2.69. The molecule has 2 rings (SSSR count). The Hall–Kier alpha value is -0.870. The second-order valence-electron chi connectivity index (χ2n) is 4.55. The Morgan fingerprint density at radius 2 is 2.18 bits per heavy atom. The van der Waals surface area contributed by atoms with Crippen LogP contribution in [0, 0.1) is 0 Å². The van der Waals surface area contributed by atoms with Gasteiger partial charge < -0.3 is 4.90 Å². The second-order valence-corrected chi connectivity index (χ2v) is 5.05. The van der Waals surface area contributed by atoms with Gasteiger partial charge in [0, 0.05) is 25.7 Å². The standard InChI is InChI=1S/C13H17BrN2O/c1-15(9-14)8-10-3-5-12-11(7-10)4-6-13(17)16(12)2/h3,5,7H,4,6,8-9H2,1-2H3. The van der Waals surface area contributed by atoms with Crippen molar-refractivity contribution in [3.05, 3.63) is 29.3 Å². The van der Waals surface area contributed by atoms with E-state index in [0.717, 1.165) is 24.1 Å². The quantitative estimate of drug-likeness (QED) is 0.632. The van der Waals surface area contributed by atoms with Gasteiger partial charge in [0.05, 0.1) is 5.45 Å². The largest absolute Gasteiger partial charge is 0.315 e. The molecule has 17 heavy (non-hydrogen) atoms. The lowest BCUT2D eigenvalue weighted by Crippen LogP contribution is -2.31. The number of aryl methyl sites for hydroxylation is 1. The Bertz CT molecular complexity index is 433. The normalized spacial score (nSPS) is 15.3. The minimum Gasteiger partial charge on any atom is -0.315 e. The molecular weight excluding hydrogens is 280 g/mol. The Morgan fingerprint density at radius 3 is 2.88 bits per heavy atom. The van der Waals surface area contributed by atoms with Crippen LogP contribution in [0.1, 0.15) is 17.5 Å². The number of benzene rings is 1. The molecule has 0 atom stereocenters. The van der Waals surface area contributed by atoms with Crippen LogP contribution in [0.2, 0.25) is 0 Å². The lowest BCUT2D eigenvalue weighted by molar-refractivity contribution is -0.118. The van der Waals surface area contributed by atoms with E-state index in [4.69, 9.17) is 0 Å². The van der Waals surface area contributed by atoms with E-state index in [1.54, 1.807) is 4.90 Å². The van der Waals surface area contributed by atoms with Crippen LogP contribution in [0.4, 0.5) is 5.69 Å². The van der Waals surface area contributed by atoms with E-state index in [1.165, 1.54) is 11.1 Å². The lowest BCUT2D eigenvalue weighted by Gasteiger charge is -2.26. The van der Waals surface area contributed by atoms with Gasteiger partial charge in [0.2, 0.25) is 5.91 Å². The average molecular weight is 297 g/mol. The predicted molar refractivity (Wildman–Crippen MR) is 73.4 cm³/mol. The number of carbonyl (C=O) groups is 1. The molecule has 0 N–H and O–H groups in total. The summed E-state index contributed by atoms with van der Waals surface area (Å²) in [6.45, 7) is 0.927. The van der Waals surface area contributed by atoms with Crippen molar-refractivity contribution in [2.75, 3.05) is 24.4 Å². The number of amides is 1. The molecule has 1 aromatic carbocycles. The molecule has 0 aliphatic carbocycles. The number of alkyl halides is 1. The highest BCUT2D eigenvalue weighted by Gasteiger charge is 2.20. The van der Waals surface area contributed by atoms with E-state index in [1.807, 2.05) is 7.05 Å². The zero-order chi connectivity index (χ0) is 12.4. The van der Waals surface area contributed by atoms with Gasteiger partial charge in [-0.05, 0) is 30.7 Å². The summed E-state index contributed by atoms with van der Waals surface area (Å²) in [5, 5.41) is 0. The molecule has 1 aliphatic heterocycles. The maximum Gasteiger partial charge on any atom is 0.227 e. The van der Waals surface area contributed by atoms with Crippen molar-refractivity contribution in [1.29, 1.82) is 0 Å². The zero-order valence-electron chi connectivity index (χ0n) is 10.2. The van der Waals surface area contributed by atoms with Crippen molar-refractivity contribution in [3.63, 3.8) is 0 Å². The summed E-state index contributed by atoms with van der Waals surface area (Å²) in [6, 6.07) is 6.38. The molecule has 0 aromatic heterocycles. The van der Waals surface area contributed by atoms with Gasteiger partial charge >= 0.3 is 0 Å². The first kappa shape index (κ1) is 12.6. The number of hydrogen-bond acceptors (Lipinski definition) is 2. The number of fused-ring (bicyclic) bond motifs is 1. The van der Waals surface area contributed by atoms with Gasteiger partial charge in [-0.15, -0.1) is 0 Å². The number of carbonyl (C=O) groups excluding carboxylic acids is 1. The van der Waals surface area contributed by atoms with Crippen LogP contribution in [0.3, 0.4) is 0 Å². The van der Waals surface area contributed by atoms with Gasteiger partial charge in [0.25, 0.3) is 0 Å². The maximum absolute atomic E-state index is 11.6. The van der Waals surface area contributed by atoms with Crippen LogP contribution in [-0.2, 0) is 17.8 Å². The van der Waals surface area contributed by atoms with E-state index in [9.17, 15) is 4.79 Å². The van der Waals surface area contributed by atoms with Crippen molar-refractivity contribution in [3.8, 4) is 0 Å². The summed E-state index contributed by atoms with van der Waals surface area (Å²) in [5.41, 5.74) is 4.51. The molecule has 1 amide bonds. The number of rotatable bonds is 3. The summed E-state index contributed by atoms with van der Waals surface area (Å²) in [5.74, 6) is 0.211. The Balaban J connectivity index is 2.23. The van der Waals surface area contributed by atoms with E-state index < -0.39 is 0 Å². The average Bonchev–Trinajstić information content (AvgIpc) is 2.34. The van der Waals surface area contributed by atoms with E-state index in [0.29, 0.717) is 6.42 Å². The van der Waals surface area contributed by atoms with E-state index in [2.05, 4.69) is 46.1 Å². The van der Waals surface area contributed by atoms with Gasteiger partial charge in [0.15, 0.2) is 0 Å². The molecule has 0 spiro atoms. The predicted octanol–water partition coefficient (Wildman–Crippen LogP) is 2.38. The van der Waals surface area contributed by atoms with Gasteiger partial charge in [-0.25, -0.2) is 0 Å². The van der Waals surface area contributed by atoms with Crippen LogP contribution in [0.25, 0.3) is 0 Å². The first-order chi connectivity index (χ1) is 8.11. The molecule has 92 valence electrons. The van der Waals surface area contributed by atoms with Crippen molar-refractivity contribution in [2.24, 2.45) is 0 Å². The Morgan fingerprint density at radius 1 is 1.41 bits per heavy atom. The summed E-state index contributed by atoms with van der Waals surface area (Å²) >= 11 is 3.44. The van der Waals surface area contributed by atoms with E-state index >= 15 is 0 Å². The van der Waals surface area contributed by atoms with Crippen molar-refractivity contribution >= 4 is 27.5 Å². The zero-order valence-corrected chi connectivity index (χ0v) is 11.8. The maximum atomic E-state index is 11.6. The van der Waals surface area contributed by atoms with Crippen LogP contribution in [0.5, 0.6) is 0 Å². The molecule has 0 radical (unpaired) electrons. The van der Waals surface area contributed by atoms with Gasteiger partial charge in [-0.3, -0.25) is 9.69 Å². The van der Waals surface area contributed by atoms with Crippen molar-refractivity contribution < 1.29 is 4.79 Å². The fourth-order valence-electron chi connectivity index (χ4n) is 2.16. The third-order valence-electron chi connectivity index (χ3n) is 3.14. The van der Waals surface area contributed by atoms with Crippen LogP contribution in [0.15, 0.2) is 18.2 Å². The first-order valence-corrected chi connectivity index (χ1v) is 6.87. The number of hydrogen-bond donors (Lipinski definition) is 0. The summed E-state index contributed by atoms with van der Waals surface area (Å²) < 4.78 is 0. The lowest BCUT2D eigenvalue weighted by atomic mass is 9.99. The second kappa shape index (κ2) is 5.19. The molecule has 4 heteroatoms. The Kier molecular flexibility index (Phi) is 3.84. The monoisotopic (exact) mass is 296 g/mol. The van der Waals surface area contributed by atoms with Gasteiger partial charge in [0.1, 0.15) is 0 Å². The topological polar surface area (TPSA) is 23.6 Å². The number of nitrogens with zero attached hydrogens (tertiary/aromatic N) is 2. The highest BCUT2D eigenvalue weighted by Crippen LogP contribution is 2.27. The summed E-state index contributed by atoms with van der Waals surface area (Å²) in [4.78, 5) is 15.5. The minimum atomic E-state index is 0.211. The highest BCUT2D eigenvalue weighted by molar-refractivity contribution is 9.09. The van der Waals surface area contributed by atoms with Gasteiger partial charge in [-0.2, -0.15) is 0 Å². The van der Waals surface area contributed by atoms with Crippen molar-refractivity contribution in [1.82, 2.24) is 4.90 Å². The summed E-state index contributed by atoms with van der Waals surface area (Å²) in [7, 11) is 3.93. The number of anilines is 1. The molecule has 0 bridgehead atoms. The molecule has 1 aromatic rings. The smallest absolute Gasteiger partial charge is 0.227 e.